The fraction of sp³-hybridized carbons (Fsp3) is 0.235. The van der Waals surface area contributed by atoms with Crippen molar-refractivity contribution in [2.24, 2.45) is 0 Å². The van der Waals surface area contributed by atoms with Crippen LogP contribution in [0.1, 0.15) is 18.4 Å². The predicted octanol–water partition coefficient (Wildman–Crippen LogP) is 5.09. The summed E-state index contributed by atoms with van der Waals surface area (Å²) in [4.78, 5) is 13.2. The van der Waals surface area contributed by atoms with E-state index in [9.17, 15) is 9.18 Å². The van der Waals surface area contributed by atoms with Crippen LogP contribution in [-0.4, -0.2) is 12.5 Å². The summed E-state index contributed by atoms with van der Waals surface area (Å²) >= 11 is 6.92. The molecule has 2 aromatic carbocycles. The number of carbonyl (C=O) groups is 1. The zero-order valence-electron chi connectivity index (χ0n) is 12.3. The molecule has 2 aromatic rings. The number of nitrogens with one attached hydrogen (secondary N) is 1. The Morgan fingerprint density at radius 2 is 2.00 bits per heavy atom. The van der Waals surface area contributed by atoms with Crippen LogP contribution in [0.5, 0.6) is 0 Å². The highest BCUT2D eigenvalue weighted by atomic mass is 79.9. The minimum absolute atomic E-state index is 0.0107. The highest BCUT2D eigenvalue weighted by Gasteiger charge is 2.24. The molecule has 0 saturated carbocycles. The van der Waals surface area contributed by atoms with Gasteiger partial charge in [0.2, 0.25) is 5.91 Å². The summed E-state index contributed by atoms with van der Waals surface area (Å²) in [5, 5.41) is 3.20. The highest BCUT2D eigenvalue weighted by Crippen LogP contribution is 2.28. The first kappa shape index (κ1) is 16.5. The normalized spacial score (nSPS) is 14.4. The molecule has 0 aromatic heterocycles. The van der Waals surface area contributed by atoms with Crippen LogP contribution in [-0.2, 0) is 11.3 Å². The van der Waals surface area contributed by atoms with E-state index < -0.39 is 0 Å². The Kier molecular flexibility index (Phi) is 5.02. The number of anilines is 2. The number of amides is 1. The molecule has 120 valence electrons. The molecule has 0 radical (unpaired) electrons. The second-order valence-corrected chi connectivity index (χ2v) is 7.17. The van der Waals surface area contributed by atoms with Crippen LogP contribution in [0.25, 0.3) is 0 Å². The third-order valence-electron chi connectivity index (χ3n) is 3.81. The number of hydrogen-bond donors (Lipinski definition) is 1. The Hall–Kier alpha value is -1.40. The smallest absolute Gasteiger partial charge is 0.227 e. The van der Waals surface area contributed by atoms with Crippen molar-refractivity contribution in [3.8, 4) is 0 Å². The standard InChI is InChI=1S/C17H15Br2FN2O/c18-12-4-3-11(14(19)8-12)10-21-13-5-6-16(15(20)9-13)22-7-1-2-17(22)23/h3-6,8-9,21H,1-2,7,10H2. The molecule has 1 N–H and O–H groups in total. The second-order valence-electron chi connectivity index (χ2n) is 5.40. The molecule has 3 nitrogen and oxygen atoms in total. The maximum atomic E-state index is 14.3. The van der Waals surface area contributed by atoms with Crippen molar-refractivity contribution < 1.29 is 9.18 Å². The van der Waals surface area contributed by atoms with Gasteiger partial charge in [-0.1, -0.05) is 37.9 Å². The molecule has 3 rings (SSSR count). The van der Waals surface area contributed by atoms with Gasteiger partial charge in [-0.3, -0.25) is 4.79 Å². The minimum Gasteiger partial charge on any atom is -0.381 e. The maximum Gasteiger partial charge on any atom is 0.227 e. The largest absolute Gasteiger partial charge is 0.381 e. The van der Waals surface area contributed by atoms with E-state index in [1.54, 1.807) is 12.1 Å². The van der Waals surface area contributed by atoms with Gasteiger partial charge in [-0.25, -0.2) is 4.39 Å². The van der Waals surface area contributed by atoms with E-state index in [1.807, 2.05) is 18.2 Å². The van der Waals surface area contributed by atoms with E-state index in [-0.39, 0.29) is 11.7 Å². The lowest BCUT2D eigenvalue weighted by Crippen LogP contribution is -2.24. The number of carbonyl (C=O) groups excluding carboxylic acids is 1. The van der Waals surface area contributed by atoms with E-state index in [4.69, 9.17) is 0 Å². The van der Waals surface area contributed by atoms with Crippen LogP contribution < -0.4 is 10.2 Å². The van der Waals surface area contributed by atoms with Crippen LogP contribution in [0.15, 0.2) is 45.3 Å². The summed E-state index contributed by atoms with van der Waals surface area (Å²) in [7, 11) is 0. The first-order valence-corrected chi connectivity index (χ1v) is 8.91. The number of nitrogens with zero attached hydrogens (tertiary/aromatic N) is 1. The average molecular weight is 442 g/mol. The molecule has 1 amide bonds. The fourth-order valence-corrected chi connectivity index (χ4v) is 3.79. The van der Waals surface area contributed by atoms with Gasteiger partial charge in [0.1, 0.15) is 5.82 Å². The summed E-state index contributed by atoms with van der Waals surface area (Å²) in [5.74, 6) is -0.386. The van der Waals surface area contributed by atoms with Gasteiger partial charge in [0, 0.05) is 34.1 Å². The van der Waals surface area contributed by atoms with Gasteiger partial charge in [-0.15, -0.1) is 0 Å². The zero-order valence-corrected chi connectivity index (χ0v) is 15.5. The highest BCUT2D eigenvalue weighted by molar-refractivity contribution is 9.11. The lowest BCUT2D eigenvalue weighted by atomic mass is 10.2. The number of hydrogen-bond acceptors (Lipinski definition) is 2. The molecule has 1 aliphatic heterocycles. The third-order valence-corrected chi connectivity index (χ3v) is 5.04. The molecule has 0 aliphatic carbocycles. The molecule has 0 spiro atoms. The van der Waals surface area contributed by atoms with Crippen molar-refractivity contribution in [3.05, 3.63) is 56.7 Å². The van der Waals surface area contributed by atoms with Crippen molar-refractivity contribution >= 4 is 49.1 Å². The number of benzene rings is 2. The Labute approximate surface area is 151 Å². The molecule has 1 heterocycles. The topological polar surface area (TPSA) is 32.3 Å². The van der Waals surface area contributed by atoms with Crippen molar-refractivity contribution in [2.75, 3.05) is 16.8 Å². The molecular weight excluding hydrogens is 427 g/mol. The summed E-state index contributed by atoms with van der Waals surface area (Å²) < 4.78 is 16.3. The van der Waals surface area contributed by atoms with Crippen molar-refractivity contribution in [3.63, 3.8) is 0 Å². The van der Waals surface area contributed by atoms with E-state index >= 15 is 0 Å². The Morgan fingerprint density at radius 3 is 2.65 bits per heavy atom. The number of halogens is 3. The van der Waals surface area contributed by atoms with Crippen molar-refractivity contribution in [1.82, 2.24) is 0 Å². The van der Waals surface area contributed by atoms with E-state index in [1.165, 1.54) is 11.0 Å². The van der Waals surface area contributed by atoms with Crippen molar-refractivity contribution in [1.29, 1.82) is 0 Å². The van der Waals surface area contributed by atoms with Gasteiger partial charge in [0.05, 0.1) is 5.69 Å². The van der Waals surface area contributed by atoms with Crippen LogP contribution in [0.4, 0.5) is 15.8 Å². The lowest BCUT2D eigenvalue weighted by molar-refractivity contribution is -0.117. The predicted molar refractivity (Wildman–Crippen MR) is 97.2 cm³/mol. The number of rotatable bonds is 4. The third kappa shape index (κ3) is 3.75. The SMILES string of the molecule is O=C1CCCN1c1ccc(NCc2ccc(Br)cc2Br)cc1F. The quantitative estimate of drug-likeness (QED) is 0.716. The average Bonchev–Trinajstić information content (AvgIpc) is 2.92. The zero-order chi connectivity index (χ0) is 16.4. The Balaban J connectivity index is 1.72. The first-order chi connectivity index (χ1) is 11.0. The summed E-state index contributed by atoms with van der Waals surface area (Å²) in [5.41, 5.74) is 2.13. The molecule has 23 heavy (non-hydrogen) atoms. The second kappa shape index (κ2) is 7.01. The van der Waals surface area contributed by atoms with E-state index in [0.717, 1.165) is 20.9 Å². The Morgan fingerprint density at radius 1 is 1.17 bits per heavy atom. The van der Waals surface area contributed by atoms with Crippen LogP contribution in [0.2, 0.25) is 0 Å². The van der Waals surface area contributed by atoms with Gasteiger partial charge in [0.15, 0.2) is 0 Å². The van der Waals surface area contributed by atoms with Gasteiger partial charge < -0.3 is 10.2 Å². The Bertz CT molecular complexity index is 751. The van der Waals surface area contributed by atoms with Gasteiger partial charge in [-0.05, 0) is 42.3 Å². The minimum atomic E-state index is -0.375. The molecular formula is C17H15Br2FN2O. The molecule has 1 aliphatic rings. The summed E-state index contributed by atoms with van der Waals surface area (Å²) in [6.07, 6.45) is 1.28. The van der Waals surface area contributed by atoms with Crippen LogP contribution in [0, 0.1) is 5.82 Å². The summed E-state index contributed by atoms with van der Waals surface area (Å²) in [6.45, 7) is 1.17. The van der Waals surface area contributed by atoms with E-state index in [0.29, 0.717) is 30.9 Å². The van der Waals surface area contributed by atoms with Crippen LogP contribution in [0.3, 0.4) is 0 Å². The monoisotopic (exact) mass is 440 g/mol. The first-order valence-electron chi connectivity index (χ1n) is 7.32. The molecule has 1 fully saturated rings. The van der Waals surface area contributed by atoms with Crippen molar-refractivity contribution in [2.45, 2.75) is 19.4 Å². The van der Waals surface area contributed by atoms with Gasteiger partial charge in [-0.2, -0.15) is 0 Å². The fourth-order valence-electron chi connectivity index (χ4n) is 2.60. The molecule has 0 bridgehead atoms. The summed E-state index contributed by atoms with van der Waals surface area (Å²) in [6, 6.07) is 10.8. The van der Waals surface area contributed by atoms with Gasteiger partial charge in [0.25, 0.3) is 0 Å². The molecule has 1 saturated heterocycles. The molecule has 0 atom stereocenters. The van der Waals surface area contributed by atoms with Gasteiger partial charge >= 0.3 is 0 Å². The molecule has 0 unspecified atom stereocenters. The van der Waals surface area contributed by atoms with Crippen LogP contribution >= 0.6 is 31.9 Å². The maximum absolute atomic E-state index is 14.3. The lowest BCUT2D eigenvalue weighted by Gasteiger charge is -2.17. The van der Waals surface area contributed by atoms with E-state index in [2.05, 4.69) is 37.2 Å². The molecule has 6 heteroatoms.